The van der Waals surface area contributed by atoms with Crippen LogP contribution in [-0.4, -0.2) is 47.3 Å². The highest BCUT2D eigenvalue weighted by atomic mass is 32.1. The number of amides is 2. The Morgan fingerprint density at radius 1 is 0.862 bits per heavy atom. The normalized spacial score (nSPS) is 14.7. The van der Waals surface area contributed by atoms with Crippen LogP contribution in [0.3, 0.4) is 0 Å². The highest BCUT2D eigenvalue weighted by Gasteiger charge is 2.59. The lowest BCUT2D eigenvalue weighted by Gasteiger charge is -2.43. The maximum absolute atomic E-state index is 15.8. The zero-order valence-corrected chi connectivity index (χ0v) is 36.0. The lowest BCUT2D eigenvalue weighted by atomic mass is 9.75. The first kappa shape index (κ1) is 44.8. The molecular formula is C49H44F4N8O3S. The van der Waals surface area contributed by atoms with E-state index in [2.05, 4.69) is 20.8 Å². The van der Waals surface area contributed by atoms with Gasteiger partial charge in [-0.05, 0) is 73.1 Å². The first-order chi connectivity index (χ1) is 31.4. The van der Waals surface area contributed by atoms with Crippen LogP contribution < -0.4 is 10.4 Å². The van der Waals surface area contributed by atoms with Crippen molar-refractivity contribution < 1.29 is 32.0 Å². The van der Waals surface area contributed by atoms with Crippen LogP contribution in [0.25, 0.3) is 11.3 Å². The number of thiocarbonyl (C=S) groups is 1. The summed E-state index contributed by atoms with van der Waals surface area (Å²) in [6.45, 7) is 0.506. The molecule has 2 aliphatic rings. The standard InChI is InChI=1S/C49H44F4N8O3S/c50-41-28-34(23-24-35(41)32-60-46(65)61(45(63)47(60)25-15-26-47)39-29-40(49(51,52)53)42(30-54)55-31-39)43-33-59(58-56-43)27-14-3-1-2-13-22-44(62)57-64-48(36-16-7-4-8-17-36,37-18-9-5-10-19-37)38-20-11-6-12-21-38/h4-12,16-21,23-24,28-29,31,33H,1-3,13-15,22,25-27,32H2,(H,57,62). The predicted molar refractivity (Wildman–Crippen MR) is 238 cm³/mol. The van der Waals surface area contributed by atoms with Crippen LogP contribution in [0.2, 0.25) is 0 Å². The molecule has 0 bridgehead atoms. The monoisotopic (exact) mass is 900 g/mol. The van der Waals surface area contributed by atoms with E-state index in [-0.39, 0.29) is 28.8 Å². The SMILES string of the molecule is N#Cc1ncc(N2C(=O)C3(CCC3)N(Cc3ccc(-c4cn(CCCCCCCC(=O)NOC(c5ccccc5)(c5ccccc5)c5ccccc5)nn4)cc3F)C2=S)cc1C(F)(F)F. The second kappa shape index (κ2) is 19.1. The van der Waals surface area contributed by atoms with Crippen molar-refractivity contribution in [1.82, 2.24) is 30.4 Å². The molecule has 1 spiro atoms. The number of halogens is 4. The van der Waals surface area contributed by atoms with Crippen LogP contribution in [0.5, 0.6) is 0 Å². The average Bonchev–Trinajstić information content (AvgIpc) is 3.87. The number of carbonyl (C=O) groups is 2. The van der Waals surface area contributed by atoms with Gasteiger partial charge in [0, 0.05) is 30.6 Å². The summed E-state index contributed by atoms with van der Waals surface area (Å²) >= 11 is 5.65. The van der Waals surface area contributed by atoms with E-state index in [0.717, 1.165) is 53.5 Å². The van der Waals surface area contributed by atoms with Crippen molar-refractivity contribution in [1.29, 1.82) is 5.26 Å². The van der Waals surface area contributed by atoms with Crippen molar-refractivity contribution >= 4 is 34.8 Å². The molecule has 1 aliphatic carbocycles. The average molecular weight is 901 g/mol. The van der Waals surface area contributed by atoms with Crippen LogP contribution in [0.15, 0.2) is 128 Å². The van der Waals surface area contributed by atoms with E-state index in [1.807, 2.05) is 91.0 Å². The first-order valence-corrected chi connectivity index (χ1v) is 21.8. The number of hydrogen-bond donors (Lipinski definition) is 1. The van der Waals surface area contributed by atoms with E-state index in [1.165, 1.54) is 12.1 Å². The van der Waals surface area contributed by atoms with Gasteiger partial charge in [0.05, 0.1) is 23.6 Å². The molecule has 65 heavy (non-hydrogen) atoms. The first-order valence-electron chi connectivity index (χ1n) is 21.4. The summed E-state index contributed by atoms with van der Waals surface area (Å²) in [5.41, 5.74) is 2.15. The number of aryl methyl sites for hydroxylation is 1. The number of alkyl halides is 3. The predicted octanol–water partition coefficient (Wildman–Crippen LogP) is 9.81. The highest BCUT2D eigenvalue weighted by Crippen LogP contribution is 2.47. The summed E-state index contributed by atoms with van der Waals surface area (Å²) in [4.78, 5) is 39.6. The molecule has 3 heterocycles. The number of anilines is 1. The minimum Gasteiger partial charge on any atom is -0.329 e. The number of carbonyl (C=O) groups excluding carboxylic acids is 2. The Morgan fingerprint density at radius 3 is 2.05 bits per heavy atom. The Kier molecular flexibility index (Phi) is 13.2. The van der Waals surface area contributed by atoms with Crippen LogP contribution in [-0.2, 0) is 39.3 Å². The Morgan fingerprint density at radius 2 is 1.48 bits per heavy atom. The summed E-state index contributed by atoms with van der Waals surface area (Å²) in [7, 11) is 0. The van der Waals surface area contributed by atoms with Crippen LogP contribution in [0.1, 0.15) is 91.3 Å². The van der Waals surface area contributed by atoms with E-state index in [9.17, 15) is 28.0 Å². The topological polar surface area (TPSA) is 129 Å². The summed E-state index contributed by atoms with van der Waals surface area (Å²) in [6, 6.07) is 36.3. The minimum atomic E-state index is -4.88. The number of hydroxylamine groups is 1. The third-order valence-corrected chi connectivity index (χ3v) is 12.5. The molecule has 0 unspecified atom stereocenters. The van der Waals surface area contributed by atoms with E-state index in [4.69, 9.17) is 17.1 Å². The summed E-state index contributed by atoms with van der Waals surface area (Å²) in [6.07, 6.45) is 3.85. The van der Waals surface area contributed by atoms with Crippen LogP contribution in [0.4, 0.5) is 23.2 Å². The quantitative estimate of drug-likeness (QED) is 0.0313. The summed E-state index contributed by atoms with van der Waals surface area (Å²) in [5.74, 6) is -1.28. The summed E-state index contributed by atoms with van der Waals surface area (Å²) < 4.78 is 58.8. The van der Waals surface area contributed by atoms with Crippen molar-refractivity contribution in [2.75, 3.05) is 4.90 Å². The number of benzene rings is 4. The zero-order chi connectivity index (χ0) is 45.6. The van der Waals surface area contributed by atoms with E-state index in [0.29, 0.717) is 56.0 Å². The lowest BCUT2D eigenvalue weighted by Crippen LogP contribution is -2.54. The molecule has 6 aromatic rings. The van der Waals surface area contributed by atoms with Gasteiger partial charge in [0.1, 0.15) is 23.1 Å². The Bertz CT molecular complexity index is 2610. The number of aromatic nitrogens is 4. The number of unbranched alkanes of at least 4 members (excludes halogenated alkanes) is 4. The highest BCUT2D eigenvalue weighted by molar-refractivity contribution is 7.80. The molecule has 1 saturated heterocycles. The van der Waals surface area contributed by atoms with Crippen molar-refractivity contribution in [2.45, 2.75) is 88.2 Å². The van der Waals surface area contributed by atoms with Gasteiger partial charge in [-0.2, -0.15) is 18.4 Å². The second-order valence-corrected chi connectivity index (χ2v) is 16.6. The molecule has 11 nitrogen and oxygen atoms in total. The van der Waals surface area contributed by atoms with Gasteiger partial charge in [-0.1, -0.05) is 128 Å². The number of nitrogens with one attached hydrogen (secondary N) is 1. The molecule has 0 radical (unpaired) electrons. The van der Waals surface area contributed by atoms with Gasteiger partial charge in [-0.15, -0.1) is 5.10 Å². The van der Waals surface area contributed by atoms with Crippen LogP contribution >= 0.6 is 12.2 Å². The fraction of sp³-hybridized carbons (Fsp3) is 0.286. The van der Waals surface area contributed by atoms with Gasteiger partial charge < -0.3 is 4.90 Å². The fourth-order valence-corrected chi connectivity index (χ4v) is 8.98. The molecule has 0 atom stereocenters. The van der Waals surface area contributed by atoms with Gasteiger partial charge >= 0.3 is 6.18 Å². The lowest BCUT2D eigenvalue weighted by molar-refractivity contribution is -0.143. The molecule has 1 saturated carbocycles. The van der Waals surface area contributed by atoms with Crippen molar-refractivity contribution in [3.8, 4) is 17.3 Å². The van der Waals surface area contributed by atoms with Crippen molar-refractivity contribution in [2.24, 2.45) is 0 Å². The smallest absolute Gasteiger partial charge is 0.329 e. The Balaban J connectivity index is 0.819. The molecule has 16 heteroatoms. The molecule has 2 aromatic heterocycles. The molecule has 1 N–H and O–H groups in total. The number of rotatable bonds is 17. The number of pyridine rings is 1. The third-order valence-electron chi connectivity index (χ3n) is 12.1. The second-order valence-electron chi connectivity index (χ2n) is 16.2. The van der Waals surface area contributed by atoms with E-state index < -0.39 is 40.3 Å². The maximum Gasteiger partial charge on any atom is 0.419 e. The van der Waals surface area contributed by atoms with Crippen molar-refractivity contribution in [3.63, 3.8) is 0 Å². The number of nitriles is 1. The van der Waals surface area contributed by atoms with Gasteiger partial charge in [-0.3, -0.25) is 24.0 Å². The van der Waals surface area contributed by atoms with E-state index in [1.54, 1.807) is 27.9 Å². The van der Waals surface area contributed by atoms with Gasteiger partial charge in [0.2, 0.25) is 5.91 Å². The van der Waals surface area contributed by atoms with Crippen LogP contribution in [0, 0.1) is 17.1 Å². The molecule has 2 fully saturated rings. The van der Waals surface area contributed by atoms with Gasteiger partial charge in [-0.25, -0.2) is 14.9 Å². The van der Waals surface area contributed by atoms with Crippen molar-refractivity contribution in [3.05, 3.63) is 167 Å². The molecule has 2 amide bonds. The molecule has 8 rings (SSSR count). The Labute approximate surface area is 378 Å². The number of nitrogens with zero attached hydrogens (tertiary/aromatic N) is 7. The Hall–Kier alpha value is -6.83. The maximum atomic E-state index is 15.8. The third kappa shape index (κ3) is 9.11. The van der Waals surface area contributed by atoms with E-state index >= 15 is 4.39 Å². The summed E-state index contributed by atoms with van der Waals surface area (Å²) in [5, 5.41) is 17.6. The largest absolute Gasteiger partial charge is 0.419 e. The minimum absolute atomic E-state index is 0.0652. The number of hydrogen-bond acceptors (Lipinski definition) is 8. The molecular weight excluding hydrogens is 857 g/mol. The zero-order valence-electron chi connectivity index (χ0n) is 35.2. The molecule has 1 aliphatic heterocycles. The molecule has 4 aromatic carbocycles. The molecule has 332 valence electrons. The fourth-order valence-electron chi connectivity index (χ4n) is 8.55. The van der Waals surface area contributed by atoms with Gasteiger partial charge in [0.25, 0.3) is 5.91 Å². The van der Waals surface area contributed by atoms with Gasteiger partial charge in [0.15, 0.2) is 16.4 Å².